The summed E-state index contributed by atoms with van der Waals surface area (Å²) in [6, 6.07) is 6.56. The zero-order chi connectivity index (χ0) is 17.5. The Balaban J connectivity index is 1.81. The van der Waals surface area contributed by atoms with E-state index in [0.717, 1.165) is 19.0 Å². The highest BCUT2D eigenvalue weighted by Crippen LogP contribution is 2.26. The van der Waals surface area contributed by atoms with Crippen LogP contribution in [0, 0.1) is 5.92 Å². The normalized spacial score (nSPS) is 19.4. The van der Waals surface area contributed by atoms with Crippen molar-refractivity contribution in [2.75, 3.05) is 26.2 Å². The van der Waals surface area contributed by atoms with E-state index in [1.807, 2.05) is 6.92 Å². The Morgan fingerprint density at radius 1 is 1.29 bits per heavy atom. The van der Waals surface area contributed by atoms with Crippen molar-refractivity contribution >= 4 is 0 Å². The van der Waals surface area contributed by atoms with Gasteiger partial charge in [-0.3, -0.25) is 0 Å². The van der Waals surface area contributed by atoms with E-state index in [-0.39, 0.29) is 11.8 Å². The number of likely N-dealkylation sites (tertiary alicyclic amines) is 1. The van der Waals surface area contributed by atoms with Crippen molar-refractivity contribution in [2.45, 2.75) is 45.4 Å². The van der Waals surface area contributed by atoms with Gasteiger partial charge >= 0.3 is 6.61 Å². The molecule has 0 aromatic heterocycles. The Hall–Kier alpha value is -1.24. The molecule has 0 bridgehead atoms. The van der Waals surface area contributed by atoms with Crippen molar-refractivity contribution in [3.05, 3.63) is 29.8 Å². The van der Waals surface area contributed by atoms with Crippen LogP contribution in [-0.4, -0.2) is 48.9 Å². The highest BCUT2D eigenvalue weighted by molar-refractivity contribution is 5.35. The maximum Gasteiger partial charge on any atom is 0.387 e. The summed E-state index contributed by atoms with van der Waals surface area (Å²) in [4.78, 5) is 2.28. The Morgan fingerprint density at radius 3 is 2.62 bits per heavy atom. The van der Waals surface area contributed by atoms with Gasteiger partial charge in [-0.05, 0) is 44.8 Å². The molecule has 1 saturated heterocycles. The molecule has 1 aliphatic heterocycles. The summed E-state index contributed by atoms with van der Waals surface area (Å²) >= 11 is 0. The van der Waals surface area contributed by atoms with Gasteiger partial charge in [0.1, 0.15) is 5.75 Å². The van der Waals surface area contributed by atoms with Gasteiger partial charge in [-0.25, -0.2) is 0 Å². The number of rotatable bonds is 8. The third kappa shape index (κ3) is 6.00. The first-order valence-electron chi connectivity index (χ1n) is 8.63. The van der Waals surface area contributed by atoms with Crippen LogP contribution in [0.3, 0.4) is 0 Å². The lowest BCUT2D eigenvalue weighted by atomic mass is 9.99. The first-order chi connectivity index (χ1) is 11.5. The molecule has 0 radical (unpaired) electrons. The summed E-state index contributed by atoms with van der Waals surface area (Å²) in [5, 5.41) is 13.4. The predicted molar refractivity (Wildman–Crippen MR) is 90.3 cm³/mol. The number of halogens is 2. The molecule has 0 aliphatic carbocycles. The number of nitrogens with one attached hydrogen (secondary N) is 1. The molecule has 1 aromatic carbocycles. The van der Waals surface area contributed by atoms with Crippen molar-refractivity contribution in [3.63, 3.8) is 0 Å². The predicted octanol–water partition coefficient (Wildman–Crippen LogP) is 3.03. The molecule has 6 heteroatoms. The molecule has 0 saturated carbocycles. The zero-order valence-electron chi connectivity index (χ0n) is 14.4. The lowest BCUT2D eigenvalue weighted by Gasteiger charge is -2.32. The van der Waals surface area contributed by atoms with Crippen molar-refractivity contribution in [1.82, 2.24) is 10.2 Å². The van der Waals surface area contributed by atoms with E-state index in [1.54, 1.807) is 18.2 Å². The number of alkyl halides is 2. The number of β-amino-alcohol motifs (C(OH)–C–C–N with tert-alkyl or cyclic N) is 1. The van der Waals surface area contributed by atoms with Crippen molar-refractivity contribution < 1.29 is 18.6 Å². The van der Waals surface area contributed by atoms with Gasteiger partial charge in [0, 0.05) is 24.7 Å². The summed E-state index contributed by atoms with van der Waals surface area (Å²) in [6.07, 6.45) is 1.87. The van der Waals surface area contributed by atoms with Crippen LogP contribution in [0.5, 0.6) is 5.75 Å². The monoisotopic (exact) mass is 342 g/mol. The first-order valence-corrected chi connectivity index (χ1v) is 8.63. The van der Waals surface area contributed by atoms with Gasteiger partial charge in [-0.15, -0.1) is 0 Å². The fourth-order valence-corrected chi connectivity index (χ4v) is 3.07. The largest absolute Gasteiger partial charge is 0.434 e. The molecule has 1 fully saturated rings. The molecule has 0 spiro atoms. The Morgan fingerprint density at radius 2 is 1.96 bits per heavy atom. The van der Waals surface area contributed by atoms with Crippen LogP contribution in [0.4, 0.5) is 8.78 Å². The molecule has 136 valence electrons. The third-order valence-corrected chi connectivity index (χ3v) is 4.61. The van der Waals surface area contributed by atoms with Crippen LogP contribution >= 0.6 is 0 Å². The fraction of sp³-hybridized carbons (Fsp3) is 0.667. The summed E-state index contributed by atoms with van der Waals surface area (Å²) in [6.45, 7) is 4.40. The van der Waals surface area contributed by atoms with Gasteiger partial charge in [0.05, 0.1) is 6.10 Å². The summed E-state index contributed by atoms with van der Waals surface area (Å²) < 4.78 is 29.5. The maximum atomic E-state index is 12.5. The van der Waals surface area contributed by atoms with Crippen LogP contribution in [0.2, 0.25) is 0 Å². The molecule has 0 amide bonds. The second-order valence-corrected chi connectivity index (χ2v) is 6.68. The summed E-state index contributed by atoms with van der Waals surface area (Å²) in [5.74, 6) is 0.940. The Kier molecular flexibility index (Phi) is 7.40. The van der Waals surface area contributed by atoms with Crippen LogP contribution in [0.25, 0.3) is 0 Å². The van der Waals surface area contributed by atoms with E-state index < -0.39 is 12.7 Å². The minimum Gasteiger partial charge on any atom is -0.434 e. The molecule has 2 rings (SSSR count). The van der Waals surface area contributed by atoms with Gasteiger partial charge in [-0.1, -0.05) is 25.1 Å². The number of ether oxygens (including phenoxy) is 1. The molecular weight excluding hydrogens is 314 g/mol. The number of aliphatic hydroxyl groups excluding tert-OH is 1. The van der Waals surface area contributed by atoms with Gasteiger partial charge in [0.15, 0.2) is 0 Å². The van der Waals surface area contributed by atoms with Crippen LogP contribution in [0.1, 0.15) is 38.3 Å². The zero-order valence-corrected chi connectivity index (χ0v) is 14.4. The fourth-order valence-electron chi connectivity index (χ4n) is 3.07. The molecule has 2 unspecified atom stereocenters. The van der Waals surface area contributed by atoms with Crippen molar-refractivity contribution in [2.24, 2.45) is 5.92 Å². The average Bonchev–Trinajstić information content (AvgIpc) is 2.55. The minimum atomic E-state index is -2.84. The molecule has 1 aromatic rings. The van der Waals surface area contributed by atoms with Crippen molar-refractivity contribution in [3.8, 4) is 5.75 Å². The Labute approximate surface area is 142 Å². The molecule has 24 heavy (non-hydrogen) atoms. The summed E-state index contributed by atoms with van der Waals surface area (Å²) in [5.41, 5.74) is 0.664. The number of nitrogens with zero attached hydrogens (tertiary/aromatic N) is 1. The SMILES string of the molecule is CC1CCN(CC(O)CNC(C)c2ccccc2OC(F)F)CC1. The van der Waals surface area contributed by atoms with E-state index in [9.17, 15) is 13.9 Å². The van der Waals surface area contributed by atoms with E-state index >= 15 is 0 Å². The lowest BCUT2D eigenvalue weighted by Crippen LogP contribution is -2.42. The van der Waals surface area contributed by atoms with E-state index in [0.29, 0.717) is 18.7 Å². The number of piperidine rings is 1. The van der Waals surface area contributed by atoms with Crippen molar-refractivity contribution in [1.29, 1.82) is 0 Å². The second-order valence-electron chi connectivity index (χ2n) is 6.68. The standard InChI is InChI=1S/C18H28F2N2O2/c1-13-7-9-22(10-8-13)12-15(23)11-21-14(2)16-5-3-4-6-17(16)24-18(19)20/h3-6,13-15,18,21,23H,7-12H2,1-2H3. The molecule has 1 heterocycles. The van der Waals surface area contributed by atoms with E-state index in [4.69, 9.17) is 0 Å². The average molecular weight is 342 g/mol. The highest BCUT2D eigenvalue weighted by atomic mass is 19.3. The number of benzene rings is 1. The van der Waals surface area contributed by atoms with E-state index in [2.05, 4.69) is 21.9 Å². The third-order valence-electron chi connectivity index (χ3n) is 4.61. The highest BCUT2D eigenvalue weighted by Gasteiger charge is 2.19. The number of aliphatic hydroxyl groups is 1. The van der Waals surface area contributed by atoms with Gasteiger partial charge < -0.3 is 20.1 Å². The quantitative estimate of drug-likeness (QED) is 0.762. The van der Waals surface area contributed by atoms with Crippen LogP contribution < -0.4 is 10.1 Å². The van der Waals surface area contributed by atoms with E-state index in [1.165, 1.54) is 18.9 Å². The first kappa shape index (κ1) is 19.1. The number of hydrogen-bond donors (Lipinski definition) is 2. The Bertz CT molecular complexity index is 494. The van der Waals surface area contributed by atoms with Gasteiger partial charge in [0.2, 0.25) is 0 Å². The minimum absolute atomic E-state index is 0.173. The maximum absolute atomic E-state index is 12.5. The molecule has 2 atom stereocenters. The number of para-hydroxylation sites is 1. The lowest BCUT2D eigenvalue weighted by molar-refractivity contribution is -0.0507. The number of hydrogen-bond acceptors (Lipinski definition) is 4. The molecule has 2 N–H and O–H groups in total. The van der Waals surface area contributed by atoms with Crippen LogP contribution in [-0.2, 0) is 0 Å². The molecule has 1 aliphatic rings. The molecule has 4 nitrogen and oxygen atoms in total. The van der Waals surface area contributed by atoms with Crippen LogP contribution in [0.15, 0.2) is 24.3 Å². The second kappa shape index (κ2) is 9.30. The van der Waals surface area contributed by atoms with Gasteiger partial charge in [-0.2, -0.15) is 8.78 Å². The van der Waals surface area contributed by atoms with Gasteiger partial charge in [0.25, 0.3) is 0 Å². The molecular formula is C18H28F2N2O2. The summed E-state index contributed by atoms with van der Waals surface area (Å²) in [7, 11) is 0. The topological polar surface area (TPSA) is 44.7 Å². The smallest absolute Gasteiger partial charge is 0.387 e.